The molecule has 0 saturated carbocycles. The van der Waals surface area contributed by atoms with Crippen molar-refractivity contribution in [1.29, 1.82) is 0 Å². The number of nitrogens with one attached hydrogen (secondary N) is 1. The minimum atomic E-state index is -1.37. The van der Waals surface area contributed by atoms with E-state index in [0.29, 0.717) is 0 Å². The smallest absolute Gasteiger partial charge is 0.287 e. The lowest BCUT2D eigenvalue weighted by Gasteiger charge is -2.35. The standard InChI is InChI=1S/C25H28N2O3/c1-19(25(29,20-10-4-2-5-11-20)21-12-6-3-7-13-21)26-24(28)23-15-14-22(30-23)18-27-16-8-9-17-27/h2-7,10-15,19,29H,8-9,16-18H2,1H3,(H,26,28)/t19-/m0/s1. The van der Waals surface area contributed by atoms with E-state index in [1.165, 1.54) is 12.8 Å². The maximum Gasteiger partial charge on any atom is 0.287 e. The SMILES string of the molecule is C[C@H](NC(=O)c1ccc(CN2CCCC2)o1)C(O)(c1ccccc1)c1ccccc1. The van der Waals surface area contributed by atoms with E-state index < -0.39 is 11.6 Å². The predicted octanol–water partition coefficient (Wildman–Crippen LogP) is 3.93. The van der Waals surface area contributed by atoms with Crippen molar-refractivity contribution in [3.05, 3.63) is 95.4 Å². The first-order valence-electron chi connectivity index (χ1n) is 10.5. The molecule has 1 aliphatic rings. The summed E-state index contributed by atoms with van der Waals surface area (Å²) in [5.74, 6) is 0.719. The van der Waals surface area contributed by atoms with E-state index in [2.05, 4.69) is 10.2 Å². The van der Waals surface area contributed by atoms with Crippen LogP contribution >= 0.6 is 0 Å². The Bertz CT molecular complexity index is 923. The van der Waals surface area contributed by atoms with Crippen molar-refractivity contribution < 1.29 is 14.3 Å². The molecule has 2 aromatic carbocycles. The maximum absolute atomic E-state index is 12.9. The summed E-state index contributed by atoms with van der Waals surface area (Å²) in [4.78, 5) is 15.2. The molecule has 0 radical (unpaired) electrons. The molecular formula is C25H28N2O3. The molecule has 1 aliphatic heterocycles. The van der Waals surface area contributed by atoms with Gasteiger partial charge in [0.1, 0.15) is 11.4 Å². The van der Waals surface area contributed by atoms with Gasteiger partial charge >= 0.3 is 0 Å². The number of hydrogen-bond acceptors (Lipinski definition) is 4. The van der Waals surface area contributed by atoms with Crippen LogP contribution in [0, 0.1) is 0 Å². The summed E-state index contributed by atoms with van der Waals surface area (Å²) in [6.07, 6.45) is 2.42. The van der Waals surface area contributed by atoms with Gasteiger partial charge in [0.15, 0.2) is 5.76 Å². The molecule has 30 heavy (non-hydrogen) atoms. The molecule has 156 valence electrons. The highest BCUT2D eigenvalue weighted by molar-refractivity contribution is 5.91. The molecular weight excluding hydrogens is 376 g/mol. The second-order valence-electron chi connectivity index (χ2n) is 7.94. The zero-order valence-electron chi connectivity index (χ0n) is 17.3. The number of carbonyl (C=O) groups excluding carboxylic acids is 1. The van der Waals surface area contributed by atoms with E-state index >= 15 is 0 Å². The quantitative estimate of drug-likeness (QED) is 0.626. The molecule has 1 aromatic heterocycles. The highest BCUT2D eigenvalue weighted by Crippen LogP contribution is 2.33. The van der Waals surface area contributed by atoms with Crippen LogP contribution in [0.3, 0.4) is 0 Å². The number of amides is 1. The molecule has 0 unspecified atom stereocenters. The molecule has 0 spiro atoms. The molecule has 0 bridgehead atoms. The fraction of sp³-hybridized carbons (Fsp3) is 0.320. The van der Waals surface area contributed by atoms with Gasteiger partial charge in [-0.05, 0) is 56.1 Å². The van der Waals surface area contributed by atoms with Gasteiger partial charge in [-0.3, -0.25) is 9.69 Å². The van der Waals surface area contributed by atoms with Crippen molar-refractivity contribution in [2.24, 2.45) is 0 Å². The Hall–Kier alpha value is -2.89. The fourth-order valence-corrected chi connectivity index (χ4v) is 4.17. The molecule has 4 rings (SSSR count). The molecule has 2 N–H and O–H groups in total. The van der Waals surface area contributed by atoms with Crippen LogP contribution in [-0.4, -0.2) is 35.0 Å². The first-order chi connectivity index (χ1) is 14.6. The van der Waals surface area contributed by atoms with Gasteiger partial charge < -0.3 is 14.8 Å². The molecule has 1 atom stereocenters. The summed E-state index contributed by atoms with van der Waals surface area (Å²) in [6, 6.07) is 21.8. The third-order valence-electron chi connectivity index (χ3n) is 5.87. The van der Waals surface area contributed by atoms with E-state index in [0.717, 1.165) is 36.5 Å². The molecule has 5 nitrogen and oxygen atoms in total. The van der Waals surface area contributed by atoms with E-state index in [1.54, 1.807) is 6.07 Å². The Labute approximate surface area is 177 Å². The van der Waals surface area contributed by atoms with Crippen molar-refractivity contribution in [2.75, 3.05) is 13.1 Å². The topological polar surface area (TPSA) is 65.7 Å². The van der Waals surface area contributed by atoms with Crippen LogP contribution in [0.1, 0.15) is 47.2 Å². The zero-order chi connectivity index (χ0) is 21.0. The maximum atomic E-state index is 12.9. The third kappa shape index (κ3) is 4.18. The van der Waals surface area contributed by atoms with Gasteiger partial charge in [0.05, 0.1) is 12.6 Å². The van der Waals surface area contributed by atoms with Gasteiger partial charge in [0, 0.05) is 0 Å². The number of likely N-dealkylation sites (tertiary alicyclic amines) is 1. The predicted molar refractivity (Wildman–Crippen MR) is 116 cm³/mol. The summed E-state index contributed by atoms with van der Waals surface area (Å²) in [6.45, 7) is 4.67. The lowest BCUT2D eigenvalue weighted by atomic mass is 9.81. The fourth-order valence-electron chi connectivity index (χ4n) is 4.17. The van der Waals surface area contributed by atoms with Crippen molar-refractivity contribution in [3.63, 3.8) is 0 Å². The van der Waals surface area contributed by atoms with Crippen molar-refractivity contribution in [2.45, 2.75) is 38.0 Å². The molecule has 3 aromatic rings. The van der Waals surface area contributed by atoms with Crippen LogP contribution in [0.2, 0.25) is 0 Å². The minimum absolute atomic E-state index is 0.263. The number of aliphatic hydroxyl groups is 1. The lowest BCUT2D eigenvalue weighted by Crippen LogP contribution is -2.49. The van der Waals surface area contributed by atoms with E-state index in [-0.39, 0.29) is 11.7 Å². The Morgan fingerprint density at radius 3 is 2.13 bits per heavy atom. The number of furan rings is 1. The second-order valence-corrected chi connectivity index (χ2v) is 7.94. The Balaban J connectivity index is 1.53. The van der Waals surface area contributed by atoms with Crippen LogP contribution in [0.5, 0.6) is 0 Å². The van der Waals surface area contributed by atoms with Crippen molar-refractivity contribution in [3.8, 4) is 0 Å². The summed E-state index contributed by atoms with van der Waals surface area (Å²) in [5.41, 5.74) is 0.0692. The first-order valence-corrected chi connectivity index (χ1v) is 10.5. The summed E-state index contributed by atoms with van der Waals surface area (Å²) < 4.78 is 5.80. The van der Waals surface area contributed by atoms with Gasteiger partial charge in [-0.1, -0.05) is 60.7 Å². The zero-order valence-corrected chi connectivity index (χ0v) is 17.3. The molecule has 2 heterocycles. The van der Waals surface area contributed by atoms with Crippen LogP contribution < -0.4 is 5.32 Å². The highest BCUT2D eigenvalue weighted by Gasteiger charge is 2.38. The average Bonchev–Trinajstić information content (AvgIpc) is 3.47. The Kier molecular flexibility index (Phi) is 6.02. The van der Waals surface area contributed by atoms with E-state index in [9.17, 15) is 9.90 Å². The monoisotopic (exact) mass is 404 g/mol. The summed E-state index contributed by atoms with van der Waals surface area (Å²) >= 11 is 0. The van der Waals surface area contributed by atoms with Crippen LogP contribution in [-0.2, 0) is 12.1 Å². The van der Waals surface area contributed by atoms with Gasteiger partial charge in [-0.25, -0.2) is 0 Å². The highest BCUT2D eigenvalue weighted by atomic mass is 16.4. The van der Waals surface area contributed by atoms with Crippen molar-refractivity contribution in [1.82, 2.24) is 10.2 Å². The van der Waals surface area contributed by atoms with Crippen molar-refractivity contribution >= 4 is 5.91 Å². The van der Waals surface area contributed by atoms with Gasteiger partial charge in [0.2, 0.25) is 0 Å². The van der Waals surface area contributed by atoms with Gasteiger partial charge in [-0.2, -0.15) is 0 Å². The third-order valence-corrected chi connectivity index (χ3v) is 5.87. The number of nitrogens with zero attached hydrogens (tertiary/aromatic N) is 1. The van der Waals surface area contributed by atoms with E-state index in [4.69, 9.17) is 4.42 Å². The lowest BCUT2D eigenvalue weighted by molar-refractivity contribution is 0.0396. The molecule has 5 heteroatoms. The largest absolute Gasteiger partial charge is 0.455 e. The van der Waals surface area contributed by atoms with Crippen LogP contribution in [0.15, 0.2) is 77.2 Å². The number of rotatable bonds is 7. The second kappa shape index (κ2) is 8.86. The summed E-state index contributed by atoms with van der Waals surface area (Å²) in [7, 11) is 0. The average molecular weight is 405 g/mol. The molecule has 1 fully saturated rings. The number of benzene rings is 2. The molecule has 1 saturated heterocycles. The first kappa shape index (κ1) is 20.4. The van der Waals surface area contributed by atoms with Gasteiger partial charge in [0.25, 0.3) is 5.91 Å². The van der Waals surface area contributed by atoms with Gasteiger partial charge in [-0.15, -0.1) is 0 Å². The van der Waals surface area contributed by atoms with Crippen LogP contribution in [0.4, 0.5) is 0 Å². The normalized spacial score (nSPS) is 15.8. The molecule has 0 aliphatic carbocycles. The van der Waals surface area contributed by atoms with Crippen LogP contribution in [0.25, 0.3) is 0 Å². The molecule has 1 amide bonds. The number of carbonyl (C=O) groups is 1. The Morgan fingerprint density at radius 2 is 1.57 bits per heavy atom. The number of hydrogen-bond donors (Lipinski definition) is 2. The minimum Gasteiger partial charge on any atom is -0.455 e. The van der Waals surface area contributed by atoms with E-state index in [1.807, 2.05) is 73.7 Å². The summed E-state index contributed by atoms with van der Waals surface area (Å²) in [5, 5.41) is 14.7. The Morgan fingerprint density at radius 1 is 1.00 bits per heavy atom.